The van der Waals surface area contributed by atoms with E-state index in [-0.39, 0.29) is 24.3 Å². The van der Waals surface area contributed by atoms with Gasteiger partial charge in [0.05, 0.1) is 17.4 Å². The lowest BCUT2D eigenvalue weighted by Gasteiger charge is -2.24. The largest absolute Gasteiger partial charge is 0.344 e. The van der Waals surface area contributed by atoms with Gasteiger partial charge < -0.3 is 5.32 Å². The Hall–Kier alpha value is -3.81. The standard InChI is InChI=1S/C22H22N6O2/c1-15-4-3-5-19(12-15)28-21(29)11-10-20(26-28)22(30)25-16(2)17-6-8-18(9-7-17)27-14-23-13-24-27/h3-9,12-14,16H,10-11H2,1-2H3,(H,25,30). The molecule has 0 fully saturated rings. The normalized spacial score (nSPS) is 14.9. The number of hydrogen-bond acceptors (Lipinski definition) is 5. The van der Waals surface area contributed by atoms with E-state index >= 15 is 0 Å². The summed E-state index contributed by atoms with van der Waals surface area (Å²) >= 11 is 0. The van der Waals surface area contributed by atoms with Crippen LogP contribution in [-0.2, 0) is 9.59 Å². The lowest BCUT2D eigenvalue weighted by molar-refractivity contribution is -0.119. The summed E-state index contributed by atoms with van der Waals surface area (Å²) in [7, 11) is 0. The van der Waals surface area contributed by atoms with Crippen LogP contribution in [-0.4, -0.2) is 32.3 Å². The van der Waals surface area contributed by atoms with E-state index in [0.717, 1.165) is 16.8 Å². The van der Waals surface area contributed by atoms with Crippen LogP contribution in [0.25, 0.3) is 5.69 Å². The molecule has 0 saturated carbocycles. The van der Waals surface area contributed by atoms with Crippen LogP contribution >= 0.6 is 0 Å². The quantitative estimate of drug-likeness (QED) is 0.710. The number of nitrogens with zero attached hydrogens (tertiary/aromatic N) is 5. The second kappa shape index (κ2) is 8.28. The average Bonchev–Trinajstić information content (AvgIpc) is 3.29. The van der Waals surface area contributed by atoms with E-state index in [1.54, 1.807) is 11.0 Å². The van der Waals surface area contributed by atoms with Crippen molar-refractivity contribution in [2.75, 3.05) is 5.01 Å². The van der Waals surface area contributed by atoms with Gasteiger partial charge in [-0.2, -0.15) is 10.2 Å². The zero-order valence-corrected chi connectivity index (χ0v) is 16.8. The van der Waals surface area contributed by atoms with Crippen molar-refractivity contribution in [3.63, 3.8) is 0 Å². The van der Waals surface area contributed by atoms with Gasteiger partial charge in [-0.15, -0.1) is 0 Å². The van der Waals surface area contributed by atoms with Crippen molar-refractivity contribution in [1.29, 1.82) is 0 Å². The van der Waals surface area contributed by atoms with Crippen LogP contribution in [0.1, 0.15) is 36.9 Å². The maximum absolute atomic E-state index is 12.8. The molecule has 152 valence electrons. The highest BCUT2D eigenvalue weighted by Gasteiger charge is 2.26. The first-order valence-electron chi connectivity index (χ1n) is 9.74. The molecule has 1 N–H and O–H groups in total. The van der Waals surface area contributed by atoms with Crippen molar-refractivity contribution in [1.82, 2.24) is 20.1 Å². The first-order valence-corrected chi connectivity index (χ1v) is 9.74. The Bertz CT molecular complexity index is 1090. The Morgan fingerprint density at radius 3 is 2.60 bits per heavy atom. The number of carbonyl (C=O) groups excluding carboxylic acids is 2. The summed E-state index contributed by atoms with van der Waals surface area (Å²) in [6.07, 6.45) is 3.68. The number of amides is 2. The first-order chi connectivity index (χ1) is 14.5. The van der Waals surface area contributed by atoms with Gasteiger partial charge in [-0.1, -0.05) is 24.3 Å². The Labute approximate surface area is 174 Å². The molecule has 0 saturated heterocycles. The molecule has 0 radical (unpaired) electrons. The zero-order chi connectivity index (χ0) is 21.1. The van der Waals surface area contributed by atoms with Crippen LogP contribution in [0.5, 0.6) is 0 Å². The number of hydrazone groups is 1. The maximum atomic E-state index is 12.8. The summed E-state index contributed by atoms with van der Waals surface area (Å²) in [5, 5.41) is 12.7. The zero-order valence-electron chi connectivity index (χ0n) is 16.8. The van der Waals surface area contributed by atoms with Crippen LogP contribution in [0.3, 0.4) is 0 Å². The van der Waals surface area contributed by atoms with Gasteiger partial charge in [-0.3, -0.25) is 9.59 Å². The number of benzene rings is 2. The molecule has 0 aliphatic carbocycles. The summed E-state index contributed by atoms with van der Waals surface area (Å²) in [5.41, 5.74) is 3.88. The molecule has 2 amide bonds. The van der Waals surface area contributed by atoms with Gasteiger partial charge in [0.25, 0.3) is 5.91 Å². The van der Waals surface area contributed by atoms with E-state index in [1.165, 1.54) is 11.3 Å². The molecule has 30 heavy (non-hydrogen) atoms. The van der Waals surface area contributed by atoms with Crippen LogP contribution in [0.4, 0.5) is 5.69 Å². The minimum atomic E-state index is -0.270. The van der Waals surface area contributed by atoms with Crippen molar-refractivity contribution in [2.24, 2.45) is 5.10 Å². The first kappa shape index (κ1) is 19.5. The lowest BCUT2D eigenvalue weighted by atomic mass is 10.1. The van der Waals surface area contributed by atoms with Crippen molar-refractivity contribution in [3.05, 3.63) is 72.3 Å². The van der Waals surface area contributed by atoms with E-state index in [2.05, 4.69) is 20.5 Å². The highest BCUT2D eigenvalue weighted by atomic mass is 16.2. The highest BCUT2D eigenvalue weighted by molar-refractivity contribution is 6.40. The molecular formula is C22H22N6O2. The van der Waals surface area contributed by atoms with Crippen LogP contribution in [0, 0.1) is 6.92 Å². The molecule has 0 bridgehead atoms. The fourth-order valence-corrected chi connectivity index (χ4v) is 3.30. The van der Waals surface area contributed by atoms with Gasteiger partial charge in [0, 0.05) is 12.8 Å². The monoisotopic (exact) mass is 402 g/mol. The number of aromatic nitrogens is 3. The Balaban J connectivity index is 1.47. The molecule has 3 aromatic rings. The van der Waals surface area contributed by atoms with Gasteiger partial charge in [-0.05, 0) is 49.2 Å². The fraction of sp³-hybridized carbons (Fsp3) is 0.227. The third kappa shape index (κ3) is 4.12. The van der Waals surface area contributed by atoms with Crippen molar-refractivity contribution < 1.29 is 9.59 Å². The summed E-state index contributed by atoms with van der Waals surface area (Å²) in [4.78, 5) is 29.0. The molecule has 2 heterocycles. The van der Waals surface area contributed by atoms with Gasteiger partial charge in [0.2, 0.25) is 5.91 Å². The minimum absolute atomic E-state index is 0.117. The van der Waals surface area contributed by atoms with Crippen molar-refractivity contribution >= 4 is 23.2 Å². The molecule has 1 aliphatic rings. The SMILES string of the molecule is Cc1cccc(N2N=C(C(=O)NC(C)c3ccc(-n4cncn4)cc3)CCC2=O)c1. The second-order valence-corrected chi connectivity index (χ2v) is 7.22. The predicted molar refractivity (Wildman–Crippen MR) is 113 cm³/mol. The van der Waals surface area contributed by atoms with E-state index in [0.29, 0.717) is 17.8 Å². The summed E-state index contributed by atoms with van der Waals surface area (Å²) in [5.74, 6) is -0.387. The lowest BCUT2D eigenvalue weighted by Crippen LogP contribution is -2.39. The second-order valence-electron chi connectivity index (χ2n) is 7.22. The molecule has 1 atom stereocenters. The molecule has 1 aromatic heterocycles. The number of anilines is 1. The number of nitrogens with one attached hydrogen (secondary N) is 1. The van der Waals surface area contributed by atoms with E-state index in [4.69, 9.17) is 0 Å². The third-order valence-electron chi connectivity index (χ3n) is 4.96. The number of aryl methyl sites for hydroxylation is 1. The van der Waals surface area contributed by atoms with Crippen molar-refractivity contribution in [3.8, 4) is 5.69 Å². The van der Waals surface area contributed by atoms with E-state index in [9.17, 15) is 9.59 Å². The number of rotatable bonds is 5. The van der Waals surface area contributed by atoms with Crippen LogP contribution in [0.2, 0.25) is 0 Å². The molecular weight excluding hydrogens is 380 g/mol. The Morgan fingerprint density at radius 1 is 1.10 bits per heavy atom. The topological polar surface area (TPSA) is 92.5 Å². The number of carbonyl (C=O) groups is 2. The van der Waals surface area contributed by atoms with E-state index in [1.807, 2.05) is 62.4 Å². The van der Waals surface area contributed by atoms with Crippen molar-refractivity contribution in [2.45, 2.75) is 32.7 Å². The highest BCUT2D eigenvalue weighted by Crippen LogP contribution is 2.22. The summed E-state index contributed by atoms with van der Waals surface area (Å²) in [6.45, 7) is 3.86. The van der Waals surface area contributed by atoms with Gasteiger partial charge in [0.1, 0.15) is 18.4 Å². The molecule has 0 spiro atoms. The molecule has 1 unspecified atom stereocenters. The maximum Gasteiger partial charge on any atom is 0.267 e. The van der Waals surface area contributed by atoms with Crippen LogP contribution in [0.15, 0.2) is 66.3 Å². The Kier molecular flexibility index (Phi) is 5.38. The predicted octanol–water partition coefficient (Wildman–Crippen LogP) is 2.94. The van der Waals surface area contributed by atoms with E-state index < -0.39 is 0 Å². The Morgan fingerprint density at radius 2 is 1.90 bits per heavy atom. The number of hydrogen-bond donors (Lipinski definition) is 1. The molecule has 2 aromatic carbocycles. The molecule has 8 nitrogen and oxygen atoms in total. The van der Waals surface area contributed by atoms with Gasteiger partial charge in [-0.25, -0.2) is 14.7 Å². The van der Waals surface area contributed by atoms with Gasteiger partial charge >= 0.3 is 0 Å². The molecule has 1 aliphatic heterocycles. The van der Waals surface area contributed by atoms with Crippen LogP contribution < -0.4 is 10.3 Å². The average molecular weight is 402 g/mol. The molecule has 4 rings (SSSR count). The minimum Gasteiger partial charge on any atom is -0.344 e. The molecule has 8 heteroatoms. The summed E-state index contributed by atoms with van der Waals surface area (Å²) < 4.78 is 1.67. The summed E-state index contributed by atoms with van der Waals surface area (Å²) in [6, 6.07) is 15.0. The fourth-order valence-electron chi connectivity index (χ4n) is 3.30. The smallest absolute Gasteiger partial charge is 0.267 e. The third-order valence-corrected chi connectivity index (χ3v) is 4.96. The van der Waals surface area contributed by atoms with Gasteiger partial charge in [0.15, 0.2) is 0 Å².